The number of Topliss-reactive ketones (excluding diaryl/α,β-unsaturated/α-hetero) is 1. The summed E-state index contributed by atoms with van der Waals surface area (Å²) in [5.41, 5.74) is 9.21. The number of carbonyl (C=O) groups excluding carboxylic acids is 1. The maximum absolute atomic E-state index is 13.6. The SMILES string of the molecule is C=C1/C=C\C=C(\CC(=O)O)C(=O)c2ccc(S(=O)CC3=CCCC(c4ccc(OCCOCCOCCOCCOc5ccc(C)c6c5C(C(=O)O)=CC(c5oc7ccccc7c5C)C(=C)C6)cc4)CC3)cc21. The lowest BCUT2D eigenvalue weighted by atomic mass is 9.90. The second kappa shape index (κ2) is 24.7. The summed E-state index contributed by atoms with van der Waals surface area (Å²) < 4.78 is 49.2. The number of aryl methyl sites for hydroxylation is 2. The molecule has 73 heavy (non-hydrogen) atoms. The fourth-order valence-corrected chi connectivity index (χ4v) is 10.9. The number of ether oxygens (including phenoxy) is 5. The van der Waals surface area contributed by atoms with Crippen LogP contribution in [0.15, 0.2) is 148 Å². The second-order valence-corrected chi connectivity index (χ2v) is 19.9. The minimum Gasteiger partial charge on any atom is -0.491 e. The highest BCUT2D eigenvalue weighted by Gasteiger charge is 2.31. The standard InChI is InChI=1S/C60H62O12S/c1-38-9-7-12-45(34-56(61)62)58(63)49-23-22-47(35-50(38)49)73(66)37-42-10-8-11-43(17-16-42)44-18-20-46(21-19-44)70-31-29-68-27-25-67-26-28-69-30-32-71-55-24-15-39(2)51-33-40(3)52(36-53(57(51)55)60(64)65)59-41(4)48-13-5-6-14-54(48)72-59/h5-7,9-10,12-15,18-24,35-36,43,52H,1,3,8,11,16-17,25-34,37H2,2,4H3,(H,61,62)(H,64,65)/b9-7-,45-12-. The molecular formula is C60H62O12S. The van der Waals surface area contributed by atoms with Crippen molar-refractivity contribution in [2.45, 2.75) is 69.1 Å². The molecular weight excluding hydrogens is 945 g/mol. The van der Waals surface area contributed by atoms with E-state index in [2.05, 4.69) is 31.4 Å². The van der Waals surface area contributed by atoms with Gasteiger partial charge in [0.1, 0.15) is 36.1 Å². The van der Waals surface area contributed by atoms with E-state index >= 15 is 0 Å². The fourth-order valence-electron chi connectivity index (χ4n) is 9.68. The van der Waals surface area contributed by atoms with Crippen LogP contribution in [0.3, 0.4) is 0 Å². The van der Waals surface area contributed by atoms with Gasteiger partial charge in [0.25, 0.3) is 0 Å². The van der Waals surface area contributed by atoms with Gasteiger partial charge < -0.3 is 38.3 Å². The summed E-state index contributed by atoms with van der Waals surface area (Å²) in [6.45, 7) is 15.3. The topological polar surface area (TPSA) is 168 Å². The highest BCUT2D eigenvalue weighted by atomic mass is 32.2. The van der Waals surface area contributed by atoms with Crippen molar-refractivity contribution in [1.29, 1.82) is 0 Å². The highest BCUT2D eigenvalue weighted by molar-refractivity contribution is 7.85. The number of aliphatic carboxylic acids is 2. The molecule has 1 heterocycles. The summed E-state index contributed by atoms with van der Waals surface area (Å²) in [5, 5.41) is 20.8. The van der Waals surface area contributed by atoms with E-state index in [1.165, 1.54) is 11.6 Å². The molecule has 0 fully saturated rings. The number of carboxylic acid groups (broad SMARTS) is 2. The first-order valence-electron chi connectivity index (χ1n) is 24.7. The van der Waals surface area contributed by atoms with Crippen LogP contribution in [-0.2, 0) is 41.0 Å². The van der Waals surface area contributed by atoms with Gasteiger partial charge in [0, 0.05) is 32.7 Å². The molecule has 0 radical (unpaired) electrons. The van der Waals surface area contributed by atoms with E-state index in [9.17, 15) is 28.8 Å². The van der Waals surface area contributed by atoms with Crippen molar-refractivity contribution in [2.24, 2.45) is 0 Å². The third-order valence-corrected chi connectivity index (χ3v) is 15.0. The monoisotopic (exact) mass is 1010 g/mol. The molecule has 5 aromatic rings. The van der Waals surface area contributed by atoms with Crippen LogP contribution in [0.1, 0.15) is 93.4 Å². The largest absolute Gasteiger partial charge is 0.491 e. The summed E-state index contributed by atoms with van der Waals surface area (Å²) in [6.07, 6.45) is 12.6. The second-order valence-electron chi connectivity index (χ2n) is 18.5. The molecule has 0 aliphatic heterocycles. The molecule has 3 unspecified atom stereocenters. The minimum absolute atomic E-state index is 0.156. The Morgan fingerprint density at radius 1 is 0.822 bits per heavy atom. The summed E-state index contributed by atoms with van der Waals surface area (Å²) in [7, 11) is -1.34. The normalized spacial score (nSPS) is 18.4. The van der Waals surface area contributed by atoms with Crippen molar-refractivity contribution >= 4 is 50.6 Å². The third kappa shape index (κ3) is 13.0. The minimum atomic E-state index is -1.34. The average molecular weight is 1010 g/mol. The number of hydrogen-bond donors (Lipinski definition) is 2. The van der Waals surface area contributed by atoms with Crippen molar-refractivity contribution in [1.82, 2.24) is 0 Å². The third-order valence-electron chi connectivity index (χ3n) is 13.6. The van der Waals surface area contributed by atoms with E-state index in [0.717, 1.165) is 70.2 Å². The molecule has 4 aromatic carbocycles. The Morgan fingerprint density at radius 2 is 1.53 bits per heavy atom. The zero-order valence-electron chi connectivity index (χ0n) is 41.5. The number of furan rings is 1. The maximum atomic E-state index is 13.6. The molecule has 2 N–H and O–H groups in total. The lowest BCUT2D eigenvalue weighted by Crippen LogP contribution is -2.15. The van der Waals surface area contributed by atoms with Gasteiger partial charge in [-0.1, -0.05) is 91.1 Å². The van der Waals surface area contributed by atoms with Gasteiger partial charge in [0.05, 0.1) is 68.4 Å². The Balaban J connectivity index is 0.703. The number of hydrogen-bond acceptors (Lipinski definition) is 10. The molecule has 0 bridgehead atoms. The first kappa shape index (κ1) is 52.4. The van der Waals surface area contributed by atoms with Gasteiger partial charge in [-0.3, -0.25) is 13.8 Å². The molecule has 380 valence electrons. The van der Waals surface area contributed by atoms with Gasteiger partial charge in [-0.25, -0.2) is 4.79 Å². The van der Waals surface area contributed by atoms with Crippen LogP contribution < -0.4 is 9.47 Å². The van der Waals surface area contributed by atoms with E-state index in [0.29, 0.717) is 103 Å². The van der Waals surface area contributed by atoms with E-state index in [-0.39, 0.29) is 30.0 Å². The summed E-state index contributed by atoms with van der Waals surface area (Å²) in [6, 6.07) is 24.9. The van der Waals surface area contributed by atoms with E-state index in [4.69, 9.17) is 28.1 Å². The maximum Gasteiger partial charge on any atom is 0.336 e. The Kier molecular flexibility index (Phi) is 17.7. The lowest BCUT2D eigenvalue weighted by molar-refractivity contribution is -0.136. The summed E-state index contributed by atoms with van der Waals surface area (Å²) in [4.78, 5) is 38.0. The van der Waals surface area contributed by atoms with Crippen LogP contribution in [0, 0.1) is 13.8 Å². The molecule has 0 spiro atoms. The van der Waals surface area contributed by atoms with Crippen LogP contribution in [0.4, 0.5) is 0 Å². The van der Waals surface area contributed by atoms with Gasteiger partial charge in [-0.15, -0.1) is 0 Å². The number of allylic oxidation sites excluding steroid dienone is 7. The van der Waals surface area contributed by atoms with Crippen molar-refractivity contribution in [3.05, 3.63) is 184 Å². The van der Waals surface area contributed by atoms with E-state index < -0.39 is 28.7 Å². The molecule has 0 saturated heterocycles. The Bertz CT molecular complexity index is 3040. The number of fused-ring (bicyclic) bond motifs is 3. The van der Waals surface area contributed by atoms with Gasteiger partial charge in [0.2, 0.25) is 0 Å². The van der Waals surface area contributed by atoms with Gasteiger partial charge in [-0.05, 0) is 128 Å². The van der Waals surface area contributed by atoms with Crippen LogP contribution in [0.5, 0.6) is 11.5 Å². The first-order valence-corrected chi connectivity index (χ1v) is 26.0. The zero-order chi connectivity index (χ0) is 51.4. The Hall–Kier alpha value is -6.90. The Labute approximate surface area is 428 Å². The number of para-hydroxylation sites is 1. The molecule has 13 heteroatoms. The molecule has 8 rings (SSSR count). The molecule has 12 nitrogen and oxygen atoms in total. The molecule has 1 aromatic heterocycles. The Morgan fingerprint density at radius 3 is 2.25 bits per heavy atom. The van der Waals surface area contributed by atoms with Gasteiger partial charge in [0.15, 0.2) is 5.78 Å². The number of carbonyl (C=O) groups is 3. The predicted octanol–water partition coefficient (Wildman–Crippen LogP) is 11.5. The molecule has 0 amide bonds. The fraction of sp³-hybridized carbons (Fsp3) is 0.317. The quantitative estimate of drug-likeness (QED) is 0.0498. The van der Waals surface area contributed by atoms with Crippen molar-refractivity contribution in [3.8, 4) is 11.5 Å². The average Bonchev–Trinajstić information content (AvgIpc) is 3.48. The van der Waals surface area contributed by atoms with E-state index in [1.807, 2.05) is 62.4 Å². The molecule has 0 saturated carbocycles. The van der Waals surface area contributed by atoms with Gasteiger partial charge >= 0.3 is 11.9 Å². The van der Waals surface area contributed by atoms with Crippen molar-refractivity contribution in [3.63, 3.8) is 0 Å². The smallest absolute Gasteiger partial charge is 0.336 e. The number of rotatable bonds is 22. The lowest BCUT2D eigenvalue weighted by Gasteiger charge is -2.17. The predicted molar refractivity (Wildman–Crippen MR) is 283 cm³/mol. The highest BCUT2D eigenvalue weighted by Crippen LogP contribution is 2.44. The van der Waals surface area contributed by atoms with Crippen molar-refractivity contribution < 1.29 is 56.9 Å². The zero-order valence-corrected chi connectivity index (χ0v) is 42.3. The summed E-state index contributed by atoms with van der Waals surface area (Å²) in [5.74, 6) is -0.201. The summed E-state index contributed by atoms with van der Waals surface area (Å²) >= 11 is 0. The van der Waals surface area contributed by atoms with Gasteiger partial charge in [-0.2, -0.15) is 0 Å². The van der Waals surface area contributed by atoms with E-state index in [1.54, 1.807) is 36.4 Å². The molecule has 3 aliphatic carbocycles. The van der Waals surface area contributed by atoms with Crippen LogP contribution in [-0.4, -0.2) is 90.8 Å². The van der Waals surface area contributed by atoms with Crippen LogP contribution in [0.25, 0.3) is 22.1 Å². The number of ketones is 1. The number of carboxylic acids is 2. The first-order chi connectivity index (χ1) is 35.4. The van der Waals surface area contributed by atoms with Crippen molar-refractivity contribution in [2.75, 3.05) is 58.6 Å². The van der Waals surface area contributed by atoms with Crippen LogP contribution >= 0.6 is 0 Å². The molecule has 3 atom stereocenters. The number of benzene rings is 4. The molecule has 3 aliphatic rings. The van der Waals surface area contributed by atoms with Crippen LogP contribution in [0.2, 0.25) is 0 Å².